The molecule has 0 saturated heterocycles. The third kappa shape index (κ3) is 7.73. The Bertz CT molecular complexity index is 1330. The van der Waals surface area contributed by atoms with Crippen LogP contribution in [-0.4, -0.2) is 38.2 Å². The van der Waals surface area contributed by atoms with Crippen LogP contribution in [0.25, 0.3) is 0 Å². The van der Waals surface area contributed by atoms with Crippen molar-refractivity contribution in [2.75, 3.05) is 11.9 Å². The minimum Gasteiger partial charge on any atom is -0.467 e. The fraction of sp³-hybridized carbons (Fsp3) is 0.292. The maximum atomic E-state index is 13.5. The van der Waals surface area contributed by atoms with Crippen molar-refractivity contribution in [3.63, 3.8) is 0 Å². The van der Waals surface area contributed by atoms with Crippen LogP contribution in [-0.2, 0) is 21.3 Å². The highest BCUT2D eigenvalue weighted by molar-refractivity contribution is 7.89. The number of furan rings is 1. The number of nitrogens with one attached hydrogen (secondary N) is 2. The summed E-state index contributed by atoms with van der Waals surface area (Å²) in [4.78, 5) is 12.5. The van der Waals surface area contributed by atoms with Crippen molar-refractivity contribution in [1.82, 2.24) is 5.32 Å². The lowest BCUT2D eigenvalue weighted by Gasteiger charge is -2.25. The molecule has 3 aromatic rings. The third-order valence-electron chi connectivity index (χ3n) is 5.34. The molecule has 3 atom stereocenters. The Labute approximate surface area is 217 Å². The predicted molar refractivity (Wildman–Crippen MR) is 133 cm³/mol. The Morgan fingerprint density at radius 2 is 1.86 bits per heavy atom. The topological polar surface area (TPSA) is 144 Å². The second-order valence-corrected chi connectivity index (χ2v) is 10.3. The molecule has 0 radical (unpaired) electrons. The van der Waals surface area contributed by atoms with Gasteiger partial charge in [0.05, 0.1) is 35.2 Å². The molecule has 0 spiro atoms. The number of primary sulfonamides is 1. The van der Waals surface area contributed by atoms with Crippen LogP contribution in [0.1, 0.15) is 41.6 Å². The molecule has 0 saturated carbocycles. The smallest absolute Gasteiger partial charge is 0.340 e. The first-order chi connectivity index (χ1) is 17.3. The molecule has 1 heterocycles. The van der Waals surface area contributed by atoms with Crippen molar-refractivity contribution in [3.05, 3.63) is 82.3 Å². The summed E-state index contributed by atoms with van der Waals surface area (Å²) in [5, 5.41) is 21.4. The van der Waals surface area contributed by atoms with Crippen LogP contribution >= 0.6 is 11.6 Å². The number of carbonyl (C=O) groups excluding carboxylic acids is 1. The largest absolute Gasteiger partial charge is 0.467 e. The number of hydrogen-bond donors (Lipinski definition) is 4. The molecule has 0 amide bonds. The van der Waals surface area contributed by atoms with Gasteiger partial charge in [0.25, 0.3) is 0 Å². The molecule has 1 aromatic heterocycles. The summed E-state index contributed by atoms with van der Waals surface area (Å²) in [6.07, 6.45) is 0.231. The van der Waals surface area contributed by atoms with E-state index in [9.17, 15) is 27.1 Å². The molecule has 5 N–H and O–H groups in total. The van der Waals surface area contributed by atoms with Gasteiger partial charge in [-0.05, 0) is 55.8 Å². The number of benzene rings is 2. The molecule has 0 bridgehead atoms. The molecule has 1 unspecified atom stereocenters. The average Bonchev–Trinajstić information content (AvgIpc) is 3.33. The van der Waals surface area contributed by atoms with Crippen LogP contribution in [0.3, 0.4) is 0 Å². The van der Waals surface area contributed by atoms with Gasteiger partial charge in [0, 0.05) is 18.2 Å². The Balaban J connectivity index is 1.70. The number of sulfonamides is 1. The quantitative estimate of drug-likeness (QED) is 0.261. The predicted octanol–water partition coefficient (Wildman–Crippen LogP) is 3.73. The van der Waals surface area contributed by atoms with E-state index in [0.29, 0.717) is 11.8 Å². The van der Waals surface area contributed by atoms with Crippen LogP contribution in [0, 0.1) is 11.6 Å². The molecule has 200 valence electrons. The maximum absolute atomic E-state index is 13.5. The second kappa shape index (κ2) is 12.0. The summed E-state index contributed by atoms with van der Waals surface area (Å²) in [6, 6.07) is 7.24. The SMILES string of the molecule is CC(COC(=O)c1cc(S(N)(=O)=O)c(Cl)cc1NCc1ccco1)N[C@H](C)[C@@H](O)c1cc(F)cc(F)c1. The van der Waals surface area contributed by atoms with E-state index < -0.39 is 50.7 Å². The van der Waals surface area contributed by atoms with Gasteiger partial charge in [-0.1, -0.05) is 11.6 Å². The van der Waals surface area contributed by atoms with Crippen LogP contribution < -0.4 is 15.8 Å². The first kappa shape index (κ1) is 28.5. The lowest BCUT2D eigenvalue weighted by molar-refractivity contribution is 0.0450. The van der Waals surface area contributed by atoms with E-state index in [4.69, 9.17) is 25.9 Å². The molecule has 0 aliphatic carbocycles. The van der Waals surface area contributed by atoms with Gasteiger partial charge >= 0.3 is 5.97 Å². The highest BCUT2D eigenvalue weighted by Gasteiger charge is 2.24. The summed E-state index contributed by atoms with van der Waals surface area (Å²) in [5.41, 5.74) is 0.109. The number of esters is 1. The summed E-state index contributed by atoms with van der Waals surface area (Å²) < 4.78 is 61.4. The van der Waals surface area contributed by atoms with Gasteiger partial charge in [-0.25, -0.2) is 27.1 Å². The van der Waals surface area contributed by atoms with Crippen molar-refractivity contribution in [1.29, 1.82) is 0 Å². The van der Waals surface area contributed by atoms with Gasteiger partial charge in [-0.2, -0.15) is 0 Å². The lowest BCUT2D eigenvalue weighted by Crippen LogP contribution is -2.41. The van der Waals surface area contributed by atoms with E-state index in [1.807, 2.05) is 0 Å². The number of rotatable bonds is 11. The fourth-order valence-corrected chi connectivity index (χ4v) is 4.68. The Kier molecular flexibility index (Phi) is 9.26. The molecular weight excluding hydrogens is 532 g/mol. The van der Waals surface area contributed by atoms with E-state index in [-0.39, 0.29) is 35.0 Å². The molecule has 0 aliphatic heterocycles. The summed E-state index contributed by atoms with van der Waals surface area (Å²) in [5.74, 6) is -1.95. The molecule has 0 aliphatic rings. The summed E-state index contributed by atoms with van der Waals surface area (Å²) in [6.45, 7) is 3.25. The number of aliphatic hydroxyl groups is 1. The lowest BCUT2D eigenvalue weighted by atomic mass is 10.0. The summed E-state index contributed by atoms with van der Waals surface area (Å²) >= 11 is 6.08. The number of anilines is 1. The number of halogens is 3. The van der Waals surface area contributed by atoms with E-state index in [1.54, 1.807) is 26.0 Å². The van der Waals surface area contributed by atoms with Gasteiger partial charge in [-0.3, -0.25) is 0 Å². The molecule has 13 heteroatoms. The van der Waals surface area contributed by atoms with Gasteiger partial charge in [-0.15, -0.1) is 0 Å². The first-order valence-corrected chi connectivity index (χ1v) is 13.0. The van der Waals surface area contributed by atoms with E-state index in [2.05, 4.69) is 10.6 Å². The zero-order chi connectivity index (χ0) is 27.3. The van der Waals surface area contributed by atoms with Crippen molar-refractivity contribution in [3.8, 4) is 0 Å². The summed E-state index contributed by atoms with van der Waals surface area (Å²) in [7, 11) is -4.23. The van der Waals surface area contributed by atoms with Crippen molar-refractivity contribution in [2.24, 2.45) is 5.14 Å². The molecule has 37 heavy (non-hydrogen) atoms. The molecule has 3 rings (SSSR count). The Hall–Kier alpha value is -3.03. The number of hydrogen-bond acceptors (Lipinski definition) is 8. The Morgan fingerprint density at radius 3 is 2.46 bits per heavy atom. The van der Waals surface area contributed by atoms with E-state index >= 15 is 0 Å². The first-order valence-electron chi connectivity index (χ1n) is 11.0. The zero-order valence-corrected chi connectivity index (χ0v) is 21.4. The minimum absolute atomic E-state index is 0.0469. The number of nitrogens with two attached hydrogens (primary N) is 1. The van der Waals surface area contributed by atoms with Gasteiger partial charge in [0.15, 0.2) is 0 Å². The van der Waals surface area contributed by atoms with Gasteiger partial charge in [0.1, 0.15) is 28.9 Å². The average molecular weight is 558 g/mol. The third-order valence-corrected chi connectivity index (χ3v) is 6.72. The standard InChI is InChI=1S/C24H26ClF2N3O6S/c1-13(30-14(2)23(31)15-6-16(26)8-17(27)7-15)12-36-24(32)19-9-22(37(28,33)34)20(25)10-21(19)29-11-18-4-3-5-35-18/h3-10,13-14,23,29-31H,11-12H2,1-2H3,(H2,28,33,34)/t13?,14-,23-/m1/s1. The molecular formula is C24H26ClF2N3O6S. The normalized spacial score (nSPS) is 14.1. The fourth-order valence-electron chi connectivity index (χ4n) is 3.58. The monoisotopic (exact) mass is 557 g/mol. The second-order valence-electron chi connectivity index (χ2n) is 8.41. The van der Waals surface area contributed by atoms with Crippen LogP contribution in [0.4, 0.5) is 14.5 Å². The molecule has 2 aromatic carbocycles. The number of carbonyl (C=O) groups is 1. The van der Waals surface area contributed by atoms with Crippen LogP contribution in [0.2, 0.25) is 5.02 Å². The Morgan fingerprint density at radius 1 is 1.19 bits per heavy atom. The van der Waals surface area contributed by atoms with Crippen LogP contribution in [0.5, 0.6) is 0 Å². The molecule has 0 fully saturated rings. The number of aliphatic hydroxyl groups excluding tert-OH is 1. The van der Waals surface area contributed by atoms with Crippen molar-refractivity contribution >= 4 is 33.3 Å². The highest BCUT2D eigenvalue weighted by atomic mass is 35.5. The molecule has 9 nitrogen and oxygen atoms in total. The van der Waals surface area contributed by atoms with Gasteiger partial charge < -0.3 is 24.9 Å². The highest BCUT2D eigenvalue weighted by Crippen LogP contribution is 2.29. The van der Waals surface area contributed by atoms with Crippen molar-refractivity contribution < 1.29 is 36.3 Å². The zero-order valence-electron chi connectivity index (χ0n) is 19.9. The minimum atomic E-state index is -4.23. The van der Waals surface area contributed by atoms with Gasteiger partial charge in [0.2, 0.25) is 10.0 Å². The van der Waals surface area contributed by atoms with Crippen LogP contribution in [0.15, 0.2) is 58.0 Å². The van der Waals surface area contributed by atoms with Crippen molar-refractivity contribution in [2.45, 2.75) is 43.5 Å². The maximum Gasteiger partial charge on any atom is 0.340 e. The number of ether oxygens (including phenoxy) is 1. The van der Waals surface area contributed by atoms with E-state index in [1.165, 1.54) is 12.3 Å². The van der Waals surface area contributed by atoms with E-state index in [0.717, 1.165) is 18.2 Å².